The molecule has 0 aromatic heterocycles. The molecule has 33 heavy (non-hydrogen) atoms. The van der Waals surface area contributed by atoms with Crippen LogP contribution in [0, 0.1) is 5.92 Å². The summed E-state index contributed by atoms with van der Waals surface area (Å²) >= 11 is 0. The molecule has 4 N–H and O–H groups in total. The lowest BCUT2D eigenvalue weighted by molar-refractivity contribution is -0.151. The van der Waals surface area contributed by atoms with Gasteiger partial charge >= 0.3 is 24.1 Å². The molecule has 0 aliphatic rings. The van der Waals surface area contributed by atoms with Gasteiger partial charge in [-0.05, 0) is 12.8 Å². The van der Waals surface area contributed by atoms with Crippen molar-refractivity contribution in [3.05, 3.63) is 0 Å². The summed E-state index contributed by atoms with van der Waals surface area (Å²) in [6.07, 6.45) is -0.248. The lowest BCUT2D eigenvalue weighted by Crippen LogP contribution is -2.31. The highest BCUT2D eigenvalue weighted by Crippen LogP contribution is 2.00. The summed E-state index contributed by atoms with van der Waals surface area (Å²) in [5, 5.41) is 24.3. The molecule has 0 saturated carbocycles. The number of unbranched alkanes of at least 4 members (excludes halogenated alkanes) is 3. The molecule has 0 radical (unpaired) electrons. The summed E-state index contributed by atoms with van der Waals surface area (Å²) in [5.74, 6) is -1.17. The number of rotatable bonds is 17. The number of hydrogen-bond donors (Lipinski definition) is 4. The Labute approximate surface area is 194 Å². The minimum atomic E-state index is -1.08. The molecular formula is C21H38N2O10. The monoisotopic (exact) mass is 478 g/mol. The van der Waals surface area contributed by atoms with E-state index in [1.165, 1.54) is 0 Å². The van der Waals surface area contributed by atoms with Gasteiger partial charge in [0.2, 0.25) is 0 Å². The van der Waals surface area contributed by atoms with Crippen molar-refractivity contribution in [3.63, 3.8) is 0 Å². The zero-order valence-electron chi connectivity index (χ0n) is 19.7. The third-order valence-electron chi connectivity index (χ3n) is 4.07. The van der Waals surface area contributed by atoms with Crippen molar-refractivity contribution in [1.29, 1.82) is 0 Å². The number of amides is 2. The van der Waals surface area contributed by atoms with E-state index in [9.17, 15) is 29.4 Å². The molecule has 0 rings (SSSR count). The minimum Gasteiger partial charge on any atom is -0.463 e. The Balaban J connectivity index is 3.57. The van der Waals surface area contributed by atoms with Gasteiger partial charge in [0.05, 0.1) is 5.92 Å². The van der Waals surface area contributed by atoms with Crippen LogP contribution in [0.1, 0.15) is 52.9 Å². The summed E-state index contributed by atoms with van der Waals surface area (Å²) in [5.41, 5.74) is 0. The number of nitrogens with one attached hydrogen (secondary N) is 2. The van der Waals surface area contributed by atoms with Crippen molar-refractivity contribution >= 4 is 24.1 Å². The number of carbonyl (C=O) groups is 4. The van der Waals surface area contributed by atoms with E-state index in [2.05, 4.69) is 10.6 Å². The molecule has 2 atom stereocenters. The normalized spacial score (nSPS) is 12.4. The van der Waals surface area contributed by atoms with Crippen LogP contribution in [0.2, 0.25) is 0 Å². The zero-order valence-corrected chi connectivity index (χ0v) is 19.7. The smallest absolute Gasteiger partial charge is 0.407 e. The fraction of sp³-hybridized carbons (Fsp3) is 0.810. The van der Waals surface area contributed by atoms with E-state index in [1.54, 1.807) is 20.8 Å². The molecule has 0 aliphatic carbocycles. The molecule has 0 aromatic carbocycles. The Kier molecular flexibility index (Phi) is 17.4. The average molecular weight is 479 g/mol. The van der Waals surface area contributed by atoms with Crippen LogP contribution in [0.25, 0.3) is 0 Å². The van der Waals surface area contributed by atoms with Crippen molar-refractivity contribution in [2.45, 2.75) is 65.1 Å². The van der Waals surface area contributed by atoms with Gasteiger partial charge in [0.15, 0.2) is 0 Å². The second-order valence-electron chi connectivity index (χ2n) is 7.59. The van der Waals surface area contributed by atoms with Crippen LogP contribution < -0.4 is 10.6 Å². The predicted molar refractivity (Wildman–Crippen MR) is 116 cm³/mol. The number of ether oxygens (including phenoxy) is 4. The standard InChI is InChI=1S/C21H38N2O10/c1-4-18(26)30-11-16(24)13-32-20(28)22-9-7-5-6-8-10-23-21(29)33-14-17(25)12-31-19(27)15(2)3/h15-17,24-25H,4-14H2,1-3H3,(H,22,28)(H,23,29). The number of alkyl carbamates (subject to hydrolysis) is 2. The Morgan fingerprint density at radius 1 is 0.697 bits per heavy atom. The molecular weight excluding hydrogens is 440 g/mol. The van der Waals surface area contributed by atoms with E-state index in [-0.39, 0.29) is 38.8 Å². The van der Waals surface area contributed by atoms with E-state index in [4.69, 9.17) is 18.9 Å². The molecule has 2 unspecified atom stereocenters. The average Bonchev–Trinajstić information content (AvgIpc) is 2.79. The van der Waals surface area contributed by atoms with Crippen molar-refractivity contribution in [1.82, 2.24) is 10.6 Å². The topological polar surface area (TPSA) is 170 Å². The lowest BCUT2D eigenvalue weighted by Gasteiger charge is -2.13. The second kappa shape index (κ2) is 18.9. The van der Waals surface area contributed by atoms with Crippen LogP contribution in [0.4, 0.5) is 9.59 Å². The third kappa shape index (κ3) is 18.7. The van der Waals surface area contributed by atoms with Crippen molar-refractivity contribution in [2.75, 3.05) is 39.5 Å². The molecule has 0 aliphatic heterocycles. The van der Waals surface area contributed by atoms with Crippen LogP contribution in [0.5, 0.6) is 0 Å². The van der Waals surface area contributed by atoms with Gasteiger partial charge in [0, 0.05) is 19.5 Å². The number of hydrogen-bond acceptors (Lipinski definition) is 10. The Morgan fingerprint density at radius 2 is 1.12 bits per heavy atom. The van der Waals surface area contributed by atoms with Gasteiger partial charge in [0.25, 0.3) is 0 Å². The van der Waals surface area contributed by atoms with Crippen molar-refractivity contribution < 1.29 is 48.3 Å². The highest BCUT2D eigenvalue weighted by atomic mass is 16.6. The van der Waals surface area contributed by atoms with Gasteiger partial charge in [-0.3, -0.25) is 9.59 Å². The molecule has 0 bridgehead atoms. The van der Waals surface area contributed by atoms with Crippen LogP contribution >= 0.6 is 0 Å². The van der Waals surface area contributed by atoms with Crippen LogP contribution in [-0.2, 0) is 28.5 Å². The fourth-order valence-corrected chi connectivity index (χ4v) is 2.16. The van der Waals surface area contributed by atoms with Gasteiger partial charge < -0.3 is 39.8 Å². The predicted octanol–water partition coefficient (Wildman–Crippen LogP) is 0.873. The molecule has 12 heteroatoms. The number of aliphatic hydroxyl groups is 2. The molecule has 0 aromatic rings. The SMILES string of the molecule is CCC(=O)OCC(O)COC(=O)NCCCCCCNC(=O)OCC(O)COC(=O)C(C)C. The maximum absolute atomic E-state index is 11.5. The van der Waals surface area contributed by atoms with Crippen molar-refractivity contribution in [2.24, 2.45) is 5.92 Å². The van der Waals surface area contributed by atoms with Gasteiger partial charge in [-0.25, -0.2) is 9.59 Å². The van der Waals surface area contributed by atoms with E-state index in [0.717, 1.165) is 12.8 Å². The first kappa shape index (κ1) is 30.4. The summed E-state index contributed by atoms with van der Waals surface area (Å²) in [4.78, 5) is 45.3. The Bertz CT molecular complexity index is 585. The maximum Gasteiger partial charge on any atom is 0.407 e. The van der Waals surface area contributed by atoms with Gasteiger partial charge in [-0.2, -0.15) is 0 Å². The van der Waals surface area contributed by atoms with Crippen LogP contribution in [0.3, 0.4) is 0 Å². The molecule has 0 heterocycles. The summed E-state index contributed by atoms with van der Waals surface area (Å²) < 4.78 is 19.2. The summed E-state index contributed by atoms with van der Waals surface area (Å²) in [7, 11) is 0. The van der Waals surface area contributed by atoms with E-state index < -0.39 is 36.3 Å². The molecule has 192 valence electrons. The molecule has 0 fully saturated rings. The van der Waals surface area contributed by atoms with Crippen LogP contribution in [0.15, 0.2) is 0 Å². The second-order valence-corrected chi connectivity index (χ2v) is 7.59. The van der Waals surface area contributed by atoms with Gasteiger partial charge in [-0.1, -0.05) is 33.6 Å². The van der Waals surface area contributed by atoms with E-state index >= 15 is 0 Å². The zero-order chi connectivity index (χ0) is 25.1. The molecule has 0 saturated heterocycles. The summed E-state index contributed by atoms with van der Waals surface area (Å²) in [6.45, 7) is 4.76. The first-order chi connectivity index (χ1) is 15.6. The van der Waals surface area contributed by atoms with E-state index in [0.29, 0.717) is 25.9 Å². The first-order valence-electron chi connectivity index (χ1n) is 11.1. The Morgan fingerprint density at radius 3 is 1.55 bits per heavy atom. The lowest BCUT2D eigenvalue weighted by atomic mass is 10.2. The molecule has 12 nitrogen and oxygen atoms in total. The van der Waals surface area contributed by atoms with Gasteiger partial charge in [-0.15, -0.1) is 0 Å². The highest BCUT2D eigenvalue weighted by Gasteiger charge is 2.14. The third-order valence-corrected chi connectivity index (χ3v) is 4.07. The molecule has 0 spiro atoms. The Hall–Kier alpha value is -2.60. The number of aliphatic hydroxyl groups excluding tert-OH is 2. The minimum absolute atomic E-state index is 0.205. The highest BCUT2D eigenvalue weighted by molar-refractivity contribution is 5.71. The largest absolute Gasteiger partial charge is 0.463 e. The van der Waals surface area contributed by atoms with Crippen LogP contribution in [-0.4, -0.2) is 86.1 Å². The summed E-state index contributed by atoms with van der Waals surface area (Å²) in [6, 6.07) is 0. The number of carbonyl (C=O) groups excluding carboxylic acids is 4. The quantitative estimate of drug-likeness (QED) is 0.134. The maximum atomic E-state index is 11.5. The fourth-order valence-electron chi connectivity index (χ4n) is 2.16. The molecule has 2 amide bonds. The first-order valence-corrected chi connectivity index (χ1v) is 11.1. The van der Waals surface area contributed by atoms with Crippen molar-refractivity contribution in [3.8, 4) is 0 Å². The number of esters is 2. The van der Waals surface area contributed by atoms with E-state index in [1.807, 2.05) is 0 Å². The van der Waals surface area contributed by atoms with Gasteiger partial charge in [0.1, 0.15) is 38.6 Å².